The summed E-state index contributed by atoms with van der Waals surface area (Å²) in [5.41, 5.74) is 17.5. The van der Waals surface area contributed by atoms with Crippen LogP contribution in [0.3, 0.4) is 0 Å². The van der Waals surface area contributed by atoms with Crippen LogP contribution in [0.5, 0.6) is 0 Å². The molecule has 1 saturated heterocycles. The van der Waals surface area contributed by atoms with Gasteiger partial charge in [-0.2, -0.15) is 0 Å². The maximum Gasteiger partial charge on any atom is 0.251 e. The van der Waals surface area contributed by atoms with Crippen molar-refractivity contribution in [2.45, 2.75) is 24.5 Å². The molecule has 0 aliphatic carbocycles. The molecule has 0 spiro atoms. The molecule has 1 amide bonds. The van der Waals surface area contributed by atoms with E-state index in [-0.39, 0.29) is 18.0 Å². The van der Waals surface area contributed by atoms with Crippen LogP contribution >= 0.6 is 0 Å². The molecule has 118 valence electrons. The number of fused-ring (bicyclic) bond motifs is 1. The van der Waals surface area contributed by atoms with Gasteiger partial charge in [0, 0.05) is 6.20 Å². The second-order valence-corrected chi connectivity index (χ2v) is 5.09. The first-order chi connectivity index (χ1) is 10.5. The molecule has 0 aromatic carbocycles. The largest absolute Gasteiger partial charge is 0.394 e. The quantitative estimate of drug-likeness (QED) is 0.420. The van der Waals surface area contributed by atoms with Crippen LogP contribution in [-0.4, -0.2) is 55.5 Å². The van der Waals surface area contributed by atoms with Crippen LogP contribution in [0.4, 0.5) is 5.82 Å². The highest BCUT2D eigenvalue weighted by Crippen LogP contribution is 2.33. The molecule has 8 N–H and O–H groups in total. The lowest BCUT2D eigenvalue weighted by Gasteiger charge is -2.18. The molecule has 1 aliphatic heterocycles. The minimum absolute atomic E-state index is 0.100. The molecule has 4 atom stereocenters. The second kappa shape index (κ2) is 5.18. The number of aromatic nitrogens is 3. The third kappa shape index (κ3) is 2.01. The van der Waals surface area contributed by atoms with Gasteiger partial charge in [0.1, 0.15) is 30.0 Å². The van der Waals surface area contributed by atoms with Gasteiger partial charge in [-0.15, -0.1) is 0 Å². The van der Waals surface area contributed by atoms with Gasteiger partial charge in [-0.05, 0) is 0 Å². The van der Waals surface area contributed by atoms with E-state index in [0.29, 0.717) is 11.0 Å². The average molecular weight is 308 g/mol. The molecule has 2 aromatic heterocycles. The lowest BCUT2D eigenvalue weighted by Crippen LogP contribution is -2.39. The Kier molecular flexibility index (Phi) is 3.45. The number of carbonyl (C=O) groups is 1. The van der Waals surface area contributed by atoms with E-state index in [1.807, 2.05) is 0 Å². The molecule has 3 heterocycles. The summed E-state index contributed by atoms with van der Waals surface area (Å²) in [5, 5.41) is 19.5. The van der Waals surface area contributed by atoms with Crippen molar-refractivity contribution < 1.29 is 19.7 Å². The van der Waals surface area contributed by atoms with Gasteiger partial charge < -0.3 is 36.7 Å². The molecule has 10 heteroatoms. The average Bonchev–Trinajstić information content (AvgIpc) is 3.00. The fourth-order valence-electron chi connectivity index (χ4n) is 2.66. The number of nitrogens with zero attached hydrogens (tertiary/aromatic N) is 3. The molecule has 3 rings (SSSR count). The van der Waals surface area contributed by atoms with Crippen molar-refractivity contribution in [3.05, 3.63) is 18.1 Å². The molecule has 2 aromatic rings. The van der Waals surface area contributed by atoms with Crippen LogP contribution in [0.15, 0.2) is 12.5 Å². The van der Waals surface area contributed by atoms with Crippen molar-refractivity contribution in [2.24, 2.45) is 11.5 Å². The lowest BCUT2D eigenvalue weighted by atomic mass is 10.1. The van der Waals surface area contributed by atoms with Crippen LogP contribution in [-0.2, 0) is 4.74 Å². The van der Waals surface area contributed by atoms with Crippen LogP contribution in [0.2, 0.25) is 0 Å². The number of anilines is 1. The van der Waals surface area contributed by atoms with Gasteiger partial charge in [-0.3, -0.25) is 4.79 Å². The third-order valence-electron chi connectivity index (χ3n) is 3.78. The Morgan fingerprint density at radius 1 is 1.45 bits per heavy atom. The molecule has 0 radical (unpaired) electrons. The molecule has 3 unspecified atom stereocenters. The van der Waals surface area contributed by atoms with Gasteiger partial charge in [0.15, 0.2) is 6.23 Å². The standard InChI is InChI=1S/C12H16N6O4/c13-7-8(20)5(2-19)22-12(7)18-1-4(10(15)21)6-9(14)16-3-17-11(6)18/h1,3,5,7-8,12,19-20H,2,13H2,(H2,15,21)(H2,14,16,17)/t5?,7?,8-,12?/m1/s1. The molecule has 22 heavy (non-hydrogen) atoms. The number of primary amides is 1. The fourth-order valence-corrected chi connectivity index (χ4v) is 2.66. The molecular formula is C12H16N6O4. The number of hydrogen-bond donors (Lipinski definition) is 5. The number of carbonyl (C=O) groups excluding carboxylic acids is 1. The van der Waals surface area contributed by atoms with Crippen molar-refractivity contribution in [1.82, 2.24) is 14.5 Å². The molecule has 10 nitrogen and oxygen atoms in total. The Labute approximate surface area is 124 Å². The SMILES string of the molecule is NC(=O)c1cn(C2OC(CO)[C@@H](O)C2N)c2ncnc(N)c12. The Morgan fingerprint density at radius 3 is 2.77 bits per heavy atom. The van der Waals surface area contributed by atoms with Crippen molar-refractivity contribution in [3.63, 3.8) is 0 Å². The van der Waals surface area contributed by atoms with Crippen LogP contribution < -0.4 is 17.2 Å². The Hall–Kier alpha value is -2.27. The first kappa shape index (κ1) is 14.7. The van der Waals surface area contributed by atoms with Crippen molar-refractivity contribution in [1.29, 1.82) is 0 Å². The van der Waals surface area contributed by atoms with Crippen LogP contribution in [0.1, 0.15) is 16.6 Å². The summed E-state index contributed by atoms with van der Waals surface area (Å²) in [5.74, 6) is -0.598. The maximum absolute atomic E-state index is 11.6. The zero-order chi connectivity index (χ0) is 16.0. The monoisotopic (exact) mass is 308 g/mol. The zero-order valence-electron chi connectivity index (χ0n) is 11.5. The first-order valence-corrected chi connectivity index (χ1v) is 6.56. The number of amides is 1. The van der Waals surface area contributed by atoms with E-state index >= 15 is 0 Å². The minimum Gasteiger partial charge on any atom is -0.394 e. The van der Waals surface area contributed by atoms with E-state index in [0.717, 1.165) is 0 Å². The summed E-state index contributed by atoms with van der Waals surface area (Å²) in [6.07, 6.45) is -0.0524. The summed E-state index contributed by atoms with van der Waals surface area (Å²) in [6, 6.07) is -0.815. The number of aliphatic hydroxyl groups is 2. The number of ether oxygens (including phenoxy) is 1. The summed E-state index contributed by atoms with van der Waals surface area (Å²) in [6.45, 7) is -0.385. The van der Waals surface area contributed by atoms with Gasteiger partial charge in [-0.1, -0.05) is 0 Å². The minimum atomic E-state index is -1.05. The van der Waals surface area contributed by atoms with Gasteiger partial charge in [0.2, 0.25) is 0 Å². The van der Waals surface area contributed by atoms with E-state index in [9.17, 15) is 15.0 Å². The predicted octanol–water partition coefficient (Wildman–Crippen LogP) is -2.31. The lowest BCUT2D eigenvalue weighted by molar-refractivity contribution is -0.0435. The third-order valence-corrected chi connectivity index (χ3v) is 3.78. The second-order valence-electron chi connectivity index (χ2n) is 5.09. The topological polar surface area (TPSA) is 176 Å². The maximum atomic E-state index is 11.6. The molecule has 1 fully saturated rings. The first-order valence-electron chi connectivity index (χ1n) is 6.56. The number of aliphatic hydroxyl groups excluding tert-OH is 2. The van der Waals surface area contributed by atoms with Gasteiger partial charge in [-0.25, -0.2) is 9.97 Å². The number of rotatable bonds is 3. The highest BCUT2D eigenvalue weighted by molar-refractivity contribution is 6.08. The van der Waals surface area contributed by atoms with Crippen LogP contribution in [0, 0.1) is 0 Å². The van der Waals surface area contributed by atoms with Crippen LogP contribution in [0.25, 0.3) is 11.0 Å². The van der Waals surface area contributed by atoms with Crippen molar-refractivity contribution in [3.8, 4) is 0 Å². The van der Waals surface area contributed by atoms with Crippen molar-refractivity contribution >= 4 is 22.8 Å². The van der Waals surface area contributed by atoms with E-state index in [1.54, 1.807) is 0 Å². The zero-order valence-corrected chi connectivity index (χ0v) is 11.5. The Balaban J connectivity index is 2.16. The van der Waals surface area contributed by atoms with Gasteiger partial charge in [0.25, 0.3) is 5.91 Å². The Morgan fingerprint density at radius 2 is 2.18 bits per heavy atom. The number of hydrogen-bond acceptors (Lipinski definition) is 8. The summed E-state index contributed by atoms with van der Waals surface area (Å²) in [4.78, 5) is 19.5. The van der Waals surface area contributed by atoms with E-state index < -0.39 is 30.4 Å². The van der Waals surface area contributed by atoms with E-state index in [2.05, 4.69) is 9.97 Å². The smallest absolute Gasteiger partial charge is 0.251 e. The van der Waals surface area contributed by atoms with E-state index in [1.165, 1.54) is 17.1 Å². The summed E-state index contributed by atoms with van der Waals surface area (Å²) in [7, 11) is 0. The molecule has 0 bridgehead atoms. The number of nitrogens with two attached hydrogens (primary N) is 3. The van der Waals surface area contributed by atoms with Gasteiger partial charge in [0.05, 0.1) is 23.6 Å². The van der Waals surface area contributed by atoms with E-state index in [4.69, 9.17) is 21.9 Å². The predicted molar refractivity (Wildman–Crippen MR) is 75.4 cm³/mol. The Bertz CT molecular complexity index is 732. The normalized spacial score (nSPS) is 28.3. The summed E-state index contributed by atoms with van der Waals surface area (Å²) < 4.78 is 7.02. The van der Waals surface area contributed by atoms with Crippen molar-refractivity contribution in [2.75, 3.05) is 12.3 Å². The highest BCUT2D eigenvalue weighted by Gasteiger charge is 2.43. The fraction of sp³-hybridized carbons (Fsp3) is 0.417. The number of nitrogen functional groups attached to an aromatic ring is 1. The van der Waals surface area contributed by atoms with Gasteiger partial charge >= 0.3 is 0 Å². The molecule has 1 aliphatic rings. The molecule has 0 saturated carbocycles. The summed E-state index contributed by atoms with van der Waals surface area (Å²) >= 11 is 0. The molecular weight excluding hydrogens is 292 g/mol. The highest BCUT2D eigenvalue weighted by atomic mass is 16.5.